The summed E-state index contributed by atoms with van der Waals surface area (Å²) in [6.45, 7) is 2.05. The normalized spacial score (nSPS) is 23.7. The lowest BCUT2D eigenvalue weighted by molar-refractivity contribution is -0.117. The molecule has 1 saturated carbocycles. The van der Waals surface area contributed by atoms with Crippen LogP contribution in [0, 0.1) is 12.8 Å². The van der Waals surface area contributed by atoms with E-state index < -0.39 is 0 Å². The van der Waals surface area contributed by atoms with Crippen LogP contribution in [0.2, 0.25) is 0 Å². The molecule has 0 aromatic heterocycles. The summed E-state index contributed by atoms with van der Waals surface area (Å²) in [6.07, 6.45) is 4.87. The number of amidine groups is 1. The van der Waals surface area contributed by atoms with Crippen LogP contribution in [-0.4, -0.2) is 16.3 Å². The number of nitrogens with one attached hydrogen (secondary N) is 1. The molecule has 0 saturated heterocycles. The second kappa shape index (κ2) is 5.37. The van der Waals surface area contributed by atoms with Crippen molar-refractivity contribution in [2.24, 2.45) is 10.9 Å². The lowest BCUT2D eigenvalue weighted by Crippen LogP contribution is -2.20. The number of nitrogens with zero attached hydrogens (tertiary/aromatic N) is 1. The van der Waals surface area contributed by atoms with Crippen molar-refractivity contribution in [3.63, 3.8) is 0 Å². The molecule has 100 valence electrons. The Hall–Kier alpha value is -1.29. The molecule has 1 N–H and O–H groups in total. The molecule has 19 heavy (non-hydrogen) atoms. The monoisotopic (exact) mass is 274 g/mol. The number of benzene rings is 1. The third-order valence-corrected chi connectivity index (χ3v) is 5.17. The number of amides is 1. The van der Waals surface area contributed by atoms with Gasteiger partial charge in [0, 0.05) is 5.69 Å². The fourth-order valence-electron chi connectivity index (χ4n) is 2.80. The standard InChI is InChI=1S/C15H18N2OS/c1-10-6-2-5-9-12(10)16-15-17-14(18)13(19-15)11-7-3-4-8-11/h2,5-6,9,11,13H,3-4,7-8H2,1H3,(H,16,17,18). The molecule has 1 fully saturated rings. The first kappa shape index (κ1) is 12.7. The van der Waals surface area contributed by atoms with Gasteiger partial charge in [-0.3, -0.25) is 4.79 Å². The highest BCUT2D eigenvalue weighted by Gasteiger charge is 2.36. The zero-order chi connectivity index (χ0) is 13.2. The molecule has 1 aromatic rings. The molecule has 4 heteroatoms. The predicted octanol–water partition coefficient (Wildman–Crippen LogP) is 3.60. The summed E-state index contributed by atoms with van der Waals surface area (Å²) >= 11 is 1.61. The average molecular weight is 274 g/mol. The van der Waals surface area contributed by atoms with Gasteiger partial charge in [-0.05, 0) is 37.3 Å². The Balaban J connectivity index is 1.69. The lowest BCUT2D eigenvalue weighted by Gasteiger charge is -2.14. The maximum absolute atomic E-state index is 12.0. The molecular formula is C15H18N2OS. The summed E-state index contributed by atoms with van der Waals surface area (Å²) < 4.78 is 0. The van der Waals surface area contributed by atoms with E-state index in [1.54, 1.807) is 11.8 Å². The Morgan fingerprint density at radius 3 is 2.74 bits per heavy atom. The van der Waals surface area contributed by atoms with E-state index in [0.717, 1.165) is 10.9 Å². The molecule has 1 aliphatic carbocycles. The van der Waals surface area contributed by atoms with Gasteiger partial charge in [0.15, 0.2) is 5.17 Å². The van der Waals surface area contributed by atoms with Crippen LogP contribution in [-0.2, 0) is 4.79 Å². The first-order valence-electron chi connectivity index (χ1n) is 6.86. The summed E-state index contributed by atoms with van der Waals surface area (Å²) in [5.74, 6) is 0.574. The smallest absolute Gasteiger partial charge is 0.261 e. The van der Waals surface area contributed by atoms with Gasteiger partial charge in [0.1, 0.15) is 0 Å². The average Bonchev–Trinajstić information content (AvgIpc) is 3.01. The Labute approximate surface area is 117 Å². The molecule has 3 rings (SSSR count). The maximum atomic E-state index is 12.0. The van der Waals surface area contributed by atoms with Crippen LogP contribution in [0.25, 0.3) is 0 Å². The third kappa shape index (κ3) is 2.68. The van der Waals surface area contributed by atoms with Gasteiger partial charge in [-0.2, -0.15) is 4.99 Å². The molecule has 0 radical (unpaired) electrons. The SMILES string of the molecule is Cc1ccccc1NC1=NC(=O)C(C2CCCC2)S1. The van der Waals surface area contributed by atoms with Gasteiger partial charge in [-0.1, -0.05) is 42.8 Å². The predicted molar refractivity (Wildman–Crippen MR) is 80.6 cm³/mol. The van der Waals surface area contributed by atoms with Crippen LogP contribution in [0.5, 0.6) is 0 Å². The van der Waals surface area contributed by atoms with Gasteiger partial charge in [0.2, 0.25) is 0 Å². The summed E-state index contributed by atoms with van der Waals surface area (Å²) in [7, 11) is 0. The number of carbonyl (C=O) groups is 1. The number of aryl methyl sites for hydroxylation is 1. The number of thioether (sulfide) groups is 1. The minimum atomic E-state index is 0.0491. The zero-order valence-corrected chi connectivity index (χ0v) is 11.9. The van der Waals surface area contributed by atoms with Crippen molar-refractivity contribution in [1.82, 2.24) is 0 Å². The topological polar surface area (TPSA) is 41.5 Å². The first-order chi connectivity index (χ1) is 9.24. The van der Waals surface area contributed by atoms with Crippen LogP contribution in [0.3, 0.4) is 0 Å². The van der Waals surface area contributed by atoms with E-state index in [1.165, 1.54) is 31.2 Å². The van der Waals surface area contributed by atoms with Crippen molar-refractivity contribution in [3.8, 4) is 0 Å². The van der Waals surface area contributed by atoms with Crippen molar-refractivity contribution in [1.29, 1.82) is 0 Å². The quantitative estimate of drug-likeness (QED) is 0.896. The van der Waals surface area contributed by atoms with E-state index >= 15 is 0 Å². The number of aliphatic imine (C=N–C) groups is 1. The minimum absolute atomic E-state index is 0.0491. The highest BCUT2D eigenvalue weighted by atomic mass is 32.2. The zero-order valence-electron chi connectivity index (χ0n) is 11.1. The van der Waals surface area contributed by atoms with Crippen LogP contribution in [0.15, 0.2) is 29.3 Å². The van der Waals surface area contributed by atoms with E-state index in [9.17, 15) is 4.79 Å². The number of carbonyl (C=O) groups excluding carboxylic acids is 1. The summed E-state index contributed by atoms with van der Waals surface area (Å²) in [4.78, 5) is 16.2. The highest BCUT2D eigenvalue weighted by Crippen LogP contribution is 2.38. The molecule has 1 aliphatic heterocycles. The number of anilines is 1. The van der Waals surface area contributed by atoms with Gasteiger partial charge in [0.05, 0.1) is 5.25 Å². The summed E-state index contributed by atoms with van der Waals surface area (Å²) in [6, 6.07) is 8.08. The first-order valence-corrected chi connectivity index (χ1v) is 7.74. The maximum Gasteiger partial charge on any atom is 0.261 e. The largest absolute Gasteiger partial charge is 0.334 e. The minimum Gasteiger partial charge on any atom is -0.334 e. The number of rotatable bonds is 2. The van der Waals surface area contributed by atoms with Crippen LogP contribution in [0.4, 0.5) is 5.69 Å². The van der Waals surface area contributed by atoms with Gasteiger partial charge in [-0.25, -0.2) is 0 Å². The van der Waals surface area contributed by atoms with E-state index in [1.807, 2.05) is 18.2 Å². The van der Waals surface area contributed by atoms with E-state index in [2.05, 4.69) is 23.3 Å². The van der Waals surface area contributed by atoms with E-state index in [0.29, 0.717) is 5.92 Å². The third-order valence-electron chi connectivity index (χ3n) is 3.91. The highest BCUT2D eigenvalue weighted by molar-refractivity contribution is 8.15. The second-order valence-corrected chi connectivity index (χ2v) is 6.41. The fraction of sp³-hybridized carbons (Fsp3) is 0.467. The van der Waals surface area contributed by atoms with Gasteiger partial charge < -0.3 is 5.32 Å². The number of hydrogen-bond donors (Lipinski definition) is 1. The second-order valence-electron chi connectivity index (χ2n) is 5.28. The molecule has 1 unspecified atom stereocenters. The molecular weight excluding hydrogens is 256 g/mol. The Morgan fingerprint density at radius 1 is 1.26 bits per heavy atom. The fourth-order valence-corrected chi connectivity index (χ4v) is 3.97. The molecule has 3 nitrogen and oxygen atoms in total. The molecule has 2 aliphatic rings. The molecule has 1 aromatic carbocycles. The Kier molecular flexibility index (Phi) is 3.60. The summed E-state index contributed by atoms with van der Waals surface area (Å²) in [5, 5.41) is 4.10. The van der Waals surface area contributed by atoms with Gasteiger partial charge >= 0.3 is 0 Å². The van der Waals surface area contributed by atoms with Gasteiger partial charge in [-0.15, -0.1) is 0 Å². The number of hydrogen-bond acceptors (Lipinski definition) is 3. The van der Waals surface area contributed by atoms with Gasteiger partial charge in [0.25, 0.3) is 5.91 Å². The Morgan fingerprint density at radius 2 is 2.00 bits per heavy atom. The van der Waals surface area contributed by atoms with Crippen LogP contribution in [0.1, 0.15) is 31.2 Å². The molecule has 1 heterocycles. The van der Waals surface area contributed by atoms with Crippen LogP contribution < -0.4 is 5.32 Å². The molecule has 1 amide bonds. The Bertz CT molecular complexity index is 521. The van der Waals surface area contributed by atoms with Crippen LogP contribution >= 0.6 is 11.8 Å². The summed E-state index contributed by atoms with van der Waals surface area (Å²) in [5.41, 5.74) is 2.20. The molecule has 0 spiro atoms. The molecule has 1 atom stereocenters. The van der Waals surface area contributed by atoms with E-state index in [-0.39, 0.29) is 11.2 Å². The van der Waals surface area contributed by atoms with Crippen molar-refractivity contribution < 1.29 is 4.79 Å². The van der Waals surface area contributed by atoms with Crippen molar-refractivity contribution >= 4 is 28.5 Å². The number of para-hydroxylation sites is 1. The molecule has 0 bridgehead atoms. The van der Waals surface area contributed by atoms with Crippen molar-refractivity contribution in [2.45, 2.75) is 37.9 Å². The van der Waals surface area contributed by atoms with E-state index in [4.69, 9.17) is 0 Å². The van der Waals surface area contributed by atoms with Crippen molar-refractivity contribution in [3.05, 3.63) is 29.8 Å². The van der Waals surface area contributed by atoms with Crippen molar-refractivity contribution in [2.75, 3.05) is 5.32 Å². The lowest BCUT2D eigenvalue weighted by atomic mass is 10.0.